The molecule has 0 bridgehead atoms. The topological polar surface area (TPSA) is 88.5 Å². The van der Waals surface area contributed by atoms with E-state index < -0.39 is 17.7 Å². The van der Waals surface area contributed by atoms with Gasteiger partial charge in [0.2, 0.25) is 0 Å². The molecule has 2 aromatic rings. The zero-order chi connectivity index (χ0) is 23.4. The van der Waals surface area contributed by atoms with E-state index >= 15 is 0 Å². The van der Waals surface area contributed by atoms with E-state index in [2.05, 4.69) is 4.90 Å². The van der Waals surface area contributed by atoms with E-state index in [4.69, 9.17) is 14.2 Å². The van der Waals surface area contributed by atoms with Crippen LogP contribution in [0.25, 0.3) is 5.76 Å². The van der Waals surface area contributed by atoms with Crippen LogP contribution in [0.3, 0.4) is 0 Å². The van der Waals surface area contributed by atoms with Crippen molar-refractivity contribution in [2.45, 2.75) is 6.04 Å². The molecular formula is C25H28N2O6. The molecule has 0 spiro atoms. The largest absolute Gasteiger partial charge is 0.507 e. The Hall–Kier alpha value is -3.36. The summed E-state index contributed by atoms with van der Waals surface area (Å²) in [7, 11) is 3.08. The molecule has 8 nitrogen and oxygen atoms in total. The van der Waals surface area contributed by atoms with Gasteiger partial charge in [-0.15, -0.1) is 0 Å². The normalized spacial score (nSPS) is 20.8. The average Bonchev–Trinajstić information content (AvgIpc) is 3.12. The second kappa shape index (κ2) is 10.1. The number of morpholine rings is 1. The zero-order valence-electron chi connectivity index (χ0n) is 18.8. The third-order valence-corrected chi connectivity index (χ3v) is 6.08. The first-order valence-electron chi connectivity index (χ1n) is 10.9. The fourth-order valence-electron chi connectivity index (χ4n) is 4.30. The van der Waals surface area contributed by atoms with Crippen LogP contribution in [0.5, 0.6) is 11.5 Å². The van der Waals surface area contributed by atoms with Gasteiger partial charge in [-0.1, -0.05) is 30.3 Å². The highest BCUT2D eigenvalue weighted by Crippen LogP contribution is 2.43. The SMILES string of the molecule is COc1ccc([C@H]2C(=C(O)c3ccccc3)C(=O)C(=O)N2CCN2CCOCC2)c(OC)c1. The van der Waals surface area contributed by atoms with Gasteiger partial charge in [-0.05, 0) is 12.1 Å². The van der Waals surface area contributed by atoms with Crippen LogP contribution in [0.1, 0.15) is 17.2 Å². The number of hydrogen-bond donors (Lipinski definition) is 1. The molecule has 1 N–H and O–H groups in total. The standard InChI is InChI=1S/C25H28N2O6/c1-31-18-8-9-19(20(16-18)32-2)22-21(23(28)17-6-4-3-5-7-17)24(29)25(30)27(22)11-10-26-12-14-33-15-13-26/h3-9,16,22,28H,10-15H2,1-2H3/t22-/m0/s1. The van der Waals surface area contributed by atoms with Crippen molar-refractivity contribution in [2.24, 2.45) is 0 Å². The van der Waals surface area contributed by atoms with Gasteiger partial charge in [0.25, 0.3) is 11.7 Å². The highest BCUT2D eigenvalue weighted by molar-refractivity contribution is 6.46. The molecule has 0 aromatic heterocycles. The van der Waals surface area contributed by atoms with Crippen LogP contribution in [0, 0.1) is 0 Å². The van der Waals surface area contributed by atoms with Crippen LogP contribution in [0.2, 0.25) is 0 Å². The molecule has 0 aliphatic carbocycles. The molecule has 33 heavy (non-hydrogen) atoms. The third kappa shape index (κ3) is 4.58. The fraction of sp³-hybridized carbons (Fsp3) is 0.360. The molecule has 0 unspecified atom stereocenters. The van der Waals surface area contributed by atoms with Gasteiger partial charge in [-0.2, -0.15) is 0 Å². The van der Waals surface area contributed by atoms with Crippen molar-refractivity contribution in [3.05, 3.63) is 65.2 Å². The average molecular weight is 453 g/mol. The van der Waals surface area contributed by atoms with Crippen molar-refractivity contribution in [3.8, 4) is 11.5 Å². The van der Waals surface area contributed by atoms with Gasteiger partial charge >= 0.3 is 0 Å². The summed E-state index contributed by atoms with van der Waals surface area (Å²) in [6, 6.07) is 13.2. The number of benzene rings is 2. The first kappa shape index (κ1) is 22.8. The Morgan fingerprint density at radius 3 is 2.42 bits per heavy atom. The number of aliphatic hydroxyl groups excluding tert-OH is 1. The molecule has 8 heteroatoms. The molecule has 1 amide bonds. The third-order valence-electron chi connectivity index (χ3n) is 6.08. The number of rotatable bonds is 7. The second-order valence-electron chi connectivity index (χ2n) is 7.92. The summed E-state index contributed by atoms with van der Waals surface area (Å²) in [6.07, 6.45) is 0. The van der Waals surface area contributed by atoms with Crippen LogP contribution in [0.4, 0.5) is 0 Å². The monoisotopic (exact) mass is 452 g/mol. The lowest BCUT2D eigenvalue weighted by Crippen LogP contribution is -2.42. The Balaban J connectivity index is 1.79. The molecule has 2 fully saturated rings. The van der Waals surface area contributed by atoms with E-state index in [1.54, 1.807) is 49.6 Å². The maximum Gasteiger partial charge on any atom is 0.295 e. The minimum absolute atomic E-state index is 0.0524. The van der Waals surface area contributed by atoms with Crippen molar-refractivity contribution in [3.63, 3.8) is 0 Å². The molecule has 2 heterocycles. The Morgan fingerprint density at radius 1 is 1.03 bits per heavy atom. The maximum absolute atomic E-state index is 13.2. The Morgan fingerprint density at radius 2 is 1.76 bits per heavy atom. The van der Waals surface area contributed by atoms with Crippen molar-refractivity contribution in [1.29, 1.82) is 0 Å². The highest BCUT2D eigenvalue weighted by Gasteiger charge is 2.47. The Kier molecular flexibility index (Phi) is 6.96. The molecule has 0 saturated carbocycles. The first-order valence-corrected chi connectivity index (χ1v) is 10.9. The number of hydrogen-bond acceptors (Lipinski definition) is 7. The number of ether oxygens (including phenoxy) is 3. The number of Topliss-reactive ketones (excluding diaryl/α,β-unsaturated/α-hetero) is 1. The number of amides is 1. The summed E-state index contributed by atoms with van der Waals surface area (Å²) in [5.74, 6) is -0.490. The summed E-state index contributed by atoms with van der Waals surface area (Å²) in [6.45, 7) is 3.74. The summed E-state index contributed by atoms with van der Waals surface area (Å²) in [4.78, 5) is 30.1. The number of nitrogens with zero attached hydrogens (tertiary/aromatic N) is 2. The van der Waals surface area contributed by atoms with Crippen LogP contribution < -0.4 is 9.47 Å². The highest BCUT2D eigenvalue weighted by atomic mass is 16.5. The van der Waals surface area contributed by atoms with Crippen molar-refractivity contribution in [1.82, 2.24) is 9.80 Å². The zero-order valence-corrected chi connectivity index (χ0v) is 18.8. The maximum atomic E-state index is 13.2. The van der Waals surface area contributed by atoms with E-state index in [1.165, 1.54) is 12.0 Å². The number of likely N-dealkylation sites (tertiary alicyclic amines) is 1. The van der Waals surface area contributed by atoms with Gasteiger partial charge in [-0.25, -0.2) is 0 Å². The first-order chi connectivity index (χ1) is 16.0. The molecule has 2 saturated heterocycles. The summed E-state index contributed by atoms with van der Waals surface area (Å²) in [5.41, 5.74) is 1.13. The van der Waals surface area contributed by atoms with E-state index in [0.717, 1.165) is 13.1 Å². The van der Waals surface area contributed by atoms with Crippen molar-refractivity contribution >= 4 is 17.4 Å². The van der Waals surface area contributed by atoms with Gasteiger partial charge in [0.05, 0.1) is 39.0 Å². The lowest BCUT2D eigenvalue weighted by molar-refractivity contribution is -0.140. The molecule has 0 radical (unpaired) electrons. The molecule has 1 atom stereocenters. The molecule has 2 aliphatic heterocycles. The van der Waals surface area contributed by atoms with Crippen LogP contribution in [0.15, 0.2) is 54.1 Å². The summed E-state index contributed by atoms with van der Waals surface area (Å²) < 4.78 is 16.3. The van der Waals surface area contributed by atoms with Gasteiger partial charge in [0.1, 0.15) is 17.3 Å². The second-order valence-corrected chi connectivity index (χ2v) is 7.92. The fourth-order valence-corrected chi connectivity index (χ4v) is 4.30. The predicted molar refractivity (Wildman–Crippen MR) is 122 cm³/mol. The van der Waals surface area contributed by atoms with Crippen LogP contribution in [-0.2, 0) is 14.3 Å². The van der Waals surface area contributed by atoms with E-state index in [-0.39, 0.29) is 11.3 Å². The molecule has 4 rings (SSSR count). The number of carbonyl (C=O) groups excluding carboxylic acids is 2. The Labute approximate surface area is 193 Å². The minimum Gasteiger partial charge on any atom is -0.507 e. The number of aliphatic hydroxyl groups is 1. The quantitative estimate of drug-likeness (QED) is 0.392. The molecule has 2 aromatic carbocycles. The lowest BCUT2D eigenvalue weighted by atomic mass is 9.94. The number of ketones is 1. The van der Waals surface area contributed by atoms with Gasteiger partial charge in [0, 0.05) is 43.4 Å². The summed E-state index contributed by atoms with van der Waals surface area (Å²) in [5, 5.41) is 11.1. The van der Waals surface area contributed by atoms with Gasteiger partial charge in [0.15, 0.2) is 0 Å². The van der Waals surface area contributed by atoms with Crippen LogP contribution >= 0.6 is 0 Å². The number of carbonyl (C=O) groups is 2. The van der Waals surface area contributed by atoms with Crippen LogP contribution in [-0.4, -0.2) is 80.2 Å². The summed E-state index contributed by atoms with van der Waals surface area (Å²) >= 11 is 0. The number of methoxy groups -OCH3 is 2. The predicted octanol–water partition coefficient (Wildman–Crippen LogP) is 2.46. The minimum atomic E-state index is -0.785. The smallest absolute Gasteiger partial charge is 0.295 e. The molecule has 174 valence electrons. The van der Waals surface area contributed by atoms with Crippen molar-refractivity contribution in [2.75, 3.05) is 53.6 Å². The molecule has 2 aliphatic rings. The molecular weight excluding hydrogens is 424 g/mol. The van der Waals surface area contributed by atoms with E-state index in [9.17, 15) is 14.7 Å². The Bertz CT molecular complexity index is 1050. The lowest BCUT2D eigenvalue weighted by Gasteiger charge is -2.31. The van der Waals surface area contributed by atoms with Gasteiger partial charge < -0.3 is 24.2 Å². The van der Waals surface area contributed by atoms with Gasteiger partial charge in [-0.3, -0.25) is 14.5 Å². The van der Waals surface area contributed by atoms with E-state index in [1.807, 2.05) is 6.07 Å². The van der Waals surface area contributed by atoms with E-state index in [0.29, 0.717) is 48.9 Å². The van der Waals surface area contributed by atoms with Crippen molar-refractivity contribution < 1.29 is 28.9 Å².